The molecule has 25 heavy (non-hydrogen) atoms. The van der Waals surface area contributed by atoms with E-state index in [-0.39, 0.29) is 33.1 Å². The molecule has 0 heterocycles. The minimum atomic E-state index is -3.34. The lowest BCUT2D eigenvalue weighted by molar-refractivity contribution is 0.596. The summed E-state index contributed by atoms with van der Waals surface area (Å²) < 4.78 is 47.7. The molecule has 0 spiro atoms. The van der Waals surface area contributed by atoms with Crippen LogP contribution in [0.25, 0.3) is 0 Å². The molecule has 0 aliphatic carbocycles. The summed E-state index contributed by atoms with van der Waals surface area (Å²) in [4.78, 5) is 0.499. The van der Waals surface area contributed by atoms with Crippen LogP contribution in [0, 0.1) is 0 Å². The lowest BCUT2D eigenvalue weighted by Crippen LogP contribution is -2.08. The molecule has 0 amide bonds. The fraction of sp³-hybridized carbons (Fsp3) is 0.294. The first-order chi connectivity index (χ1) is 11.8. The maximum absolute atomic E-state index is 11.9. The topological polar surface area (TPSA) is 68.3 Å². The number of rotatable bonds is 8. The van der Waals surface area contributed by atoms with Crippen molar-refractivity contribution in [3.63, 3.8) is 0 Å². The molecule has 0 fully saturated rings. The zero-order valence-electron chi connectivity index (χ0n) is 13.4. The number of hydrogen-bond acceptors (Lipinski definition) is 4. The van der Waals surface area contributed by atoms with Gasteiger partial charge in [-0.2, -0.15) is 0 Å². The molecule has 0 aliphatic heterocycles. The lowest BCUT2D eigenvalue weighted by atomic mass is 10.1. The summed E-state index contributed by atoms with van der Waals surface area (Å²) in [6.45, 7) is 0. The Morgan fingerprint density at radius 3 is 1.20 bits per heavy atom. The Balaban J connectivity index is 2.13. The molecule has 0 unspecified atom stereocenters. The second-order valence-corrected chi connectivity index (χ2v) is 10.5. The third kappa shape index (κ3) is 5.45. The standard InChI is InChI=1S/C17H18Cl2O4S2/c18-9-11-24(20,21)16-5-1-14(2-6-16)13-15-3-7-17(8-4-15)25(22,23)12-10-19/h1-8H,9-13H2. The fourth-order valence-electron chi connectivity index (χ4n) is 2.30. The van der Waals surface area contributed by atoms with Crippen molar-refractivity contribution in [2.24, 2.45) is 0 Å². The molecule has 0 saturated heterocycles. The van der Waals surface area contributed by atoms with Gasteiger partial charge in [0.1, 0.15) is 0 Å². The van der Waals surface area contributed by atoms with E-state index in [2.05, 4.69) is 0 Å². The van der Waals surface area contributed by atoms with Crippen LogP contribution in [-0.2, 0) is 26.1 Å². The lowest BCUT2D eigenvalue weighted by Gasteiger charge is -2.07. The third-order valence-corrected chi connectivity index (χ3v) is 7.96. The van der Waals surface area contributed by atoms with Gasteiger partial charge < -0.3 is 0 Å². The molecule has 0 saturated carbocycles. The second-order valence-electron chi connectivity index (χ2n) is 5.48. The zero-order valence-corrected chi connectivity index (χ0v) is 16.5. The smallest absolute Gasteiger partial charge is 0.179 e. The first-order valence-electron chi connectivity index (χ1n) is 7.54. The van der Waals surface area contributed by atoms with Crippen molar-refractivity contribution in [1.29, 1.82) is 0 Å². The molecule has 2 aromatic rings. The number of alkyl halides is 2. The van der Waals surface area contributed by atoms with Crippen LogP contribution in [0.4, 0.5) is 0 Å². The van der Waals surface area contributed by atoms with E-state index >= 15 is 0 Å². The number of halogens is 2. The summed E-state index contributed by atoms with van der Waals surface area (Å²) in [6.07, 6.45) is 0.575. The van der Waals surface area contributed by atoms with Gasteiger partial charge in [-0.15, -0.1) is 23.2 Å². The number of sulfone groups is 2. The summed E-state index contributed by atoms with van der Waals surface area (Å²) >= 11 is 11.0. The molecule has 2 rings (SSSR count). The Labute approximate surface area is 158 Å². The molecule has 0 aliphatic rings. The van der Waals surface area contributed by atoms with Gasteiger partial charge in [0, 0.05) is 11.8 Å². The highest BCUT2D eigenvalue weighted by atomic mass is 35.5. The maximum atomic E-state index is 11.9. The monoisotopic (exact) mass is 420 g/mol. The van der Waals surface area contributed by atoms with Crippen LogP contribution >= 0.6 is 23.2 Å². The Morgan fingerprint density at radius 2 is 0.920 bits per heavy atom. The van der Waals surface area contributed by atoms with Gasteiger partial charge in [0.15, 0.2) is 19.7 Å². The Hall–Kier alpha value is -1.08. The van der Waals surface area contributed by atoms with E-state index in [1.165, 1.54) is 0 Å². The molecule has 136 valence electrons. The molecule has 0 atom stereocenters. The molecule has 0 aromatic heterocycles. The molecular weight excluding hydrogens is 403 g/mol. The molecular formula is C17H18Cl2O4S2. The molecule has 0 radical (unpaired) electrons. The minimum Gasteiger partial charge on any atom is -0.224 e. The van der Waals surface area contributed by atoms with Gasteiger partial charge in [-0.3, -0.25) is 0 Å². The number of benzene rings is 2. The fourth-order valence-corrected chi connectivity index (χ4v) is 5.50. The zero-order chi connectivity index (χ0) is 18.5. The van der Waals surface area contributed by atoms with Gasteiger partial charge in [-0.05, 0) is 41.8 Å². The first kappa shape index (κ1) is 20.2. The molecule has 0 bridgehead atoms. The van der Waals surface area contributed by atoms with Crippen LogP contribution in [-0.4, -0.2) is 40.1 Å². The third-order valence-electron chi connectivity index (χ3n) is 3.66. The van der Waals surface area contributed by atoms with Crippen LogP contribution in [0.3, 0.4) is 0 Å². The largest absolute Gasteiger partial charge is 0.224 e. The average Bonchev–Trinajstić information content (AvgIpc) is 2.56. The summed E-state index contributed by atoms with van der Waals surface area (Å²) in [5, 5.41) is 0. The van der Waals surface area contributed by atoms with E-state index in [0.717, 1.165) is 11.1 Å². The van der Waals surface area contributed by atoms with Crippen molar-refractivity contribution in [2.45, 2.75) is 16.2 Å². The first-order valence-corrected chi connectivity index (χ1v) is 11.9. The summed E-state index contributed by atoms with van der Waals surface area (Å²) in [7, 11) is -6.67. The summed E-state index contributed by atoms with van der Waals surface area (Å²) in [5.41, 5.74) is 1.86. The van der Waals surface area contributed by atoms with Crippen LogP contribution in [0.1, 0.15) is 11.1 Å². The Bertz CT molecular complexity index is 827. The van der Waals surface area contributed by atoms with Crippen LogP contribution in [0.15, 0.2) is 58.3 Å². The van der Waals surface area contributed by atoms with Crippen molar-refractivity contribution in [3.8, 4) is 0 Å². The van der Waals surface area contributed by atoms with Crippen LogP contribution in [0.2, 0.25) is 0 Å². The molecule has 0 N–H and O–H groups in total. The van der Waals surface area contributed by atoms with Crippen LogP contribution < -0.4 is 0 Å². The van der Waals surface area contributed by atoms with Gasteiger partial charge in [-0.25, -0.2) is 16.8 Å². The molecule has 4 nitrogen and oxygen atoms in total. The normalized spacial score (nSPS) is 12.2. The highest BCUT2D eigenvalue weighted by Crippen LogP contribution is 2.18. The molecule has 8 heteroatoms. The minimum absolute atomic E-state index is 0.0586. The van der Waals surface area contributed by atoms with Gasteiger partial charge >= 0.3 is 0 Å². The average molecular weight is 421 g/mol. The number of hydrogen-bond donors (Lipinski definition) is 0. The predicted octanol–water partition coefficient (Wildman–Crippen LogP) is 3.30. The van der Waals surface area contributed by atoms with Crippen molar-refractivity contribution >= 4 is 42.9 Å². The van der Waals surface area contributed by atoms with Crippen molar-refractivity contribution in [1.82, 2.24) is 0 Å². The van der Waals surface area contributed by atoms with E-state index in [0.29, 0.717) is 6.42 Å². The maximum Gasteiger partial charge on any atom is 0.179 e. The second kappa shape index (κ2) is 8.54. The highest BCUT2D eigenvalue weighted by Gasteiger charge is 2.14. The van der Waals surface area contributed by atoms with Crippen molar-refractivity contribution in [3.05, 3.63) is 59.7 Å². The Morgan fingerprint density at radius 1 is 0.600 bits per heavy atom. The van der Waals surface area contributed by atoms with E-state index in [1.807, 2.05) is 0 Å². The quantitative estimate of drug-likeness (QED) is 0.614. The van der Waals surface area contributed by atoms with E-state index in [4.69, 9.17) is 23.2 Å². The SMILES string of the molecule is O=S(=O)(CCCl)c1ccc(Cc2ccc(S(=O)(=O)CCCl)cc2)cc1. The van der Waals surface area contributed by atoms with Gasteiger partial charge in [0.2, 0.25) is 0 Å². The van der Waals surface area contributed by atoms with Gasteiger partial charge in [0.05, 0.1) is 21.3 Å². The van der Waals surface area contributed by atoms with Crippen molar-refractivity contribution < 1.29 is 16.8 Å². The van der Waals surface area contributed by atoms with E-state index in [1.54, 1.807) is 48.5 Å². The van der Waals surface area contributed by atoms with Crippen molar-refractivity contribution in [2.75, 3.05) is 23.3 Å². The van der Waals surface area contributed by atoms with E-state index in [9.17, 15) is 16.8 Å². The summed E-state index contributed by atoms with van der Waals surface area (Å²) in [5.74, 6) is -0.0651. The highest BCUT2D eigenvalue weighted by molar-refractivity contribution is 7.91. The summed E-state index contributed by atoms with van der Waals surface area (Å²) in [6, 6.07) is 13.3. The molecule has 2 aromatic carbocycles. The Kier molecular flexibility index (Phi) is 6.91. The van der Waals surface area contributed by atoms with Gasteiger partial charge in [0.25, 0.3) is 0 Å². The van der Waals surface area contributed by atoms with Crippen LogP contribution in [0.5, 0.6) is 0 Å². The van der Waals surface area contributed by atoms with E-state index < -0.39 is 19.7 Å². The van der Waals surface area contributed by atoms with Gasteiger partial charge in [-0.1, -0.05) is 24.3 Å². The predicted molar refractivity (Wildman–Crippen MR) is 101 cm³/mol.